The van der Waals surface area contributed by atoms with Gasteiger partial charge in [-0.2, -0.15) is 0 Å². The number of unbranched alkanes of at least 4 members (excludes halogenated alkanes) is 1. The molecule has 0 spiro atoms. The van der Waals surface area contributed by atoms with Gasteiger partial charge in [0.05, 0.1) is 6.20 Å². The molecule has 4 heteroatoms. The standard InChI is InChI=1S/C10H15FN2O/c11-9-7-13-5-4-8(9)10(12)3-1-2-6-14/h4-5,7,10,14H,1-3,6,12H2/t10-/m1/s1. The predicted octanol–water partition coefficient (Wildman–Crippen LogP) is 1.38. The van der Waals surface area contributed by atoms with E-state index in [0.717, 1.165) is 6.42 Å². The molecule has 3 N–H and O–H groups in total. The number of aliphatic hydroxyl groups excluding tert-OH is 1. The highest BCUT2D eigenvalue weighted by Crippen LogP contribution is 2.18. The lowest BCUT2D eigenvalue weighted by atomic mass is 10.0. The Morgan fingerprint density at radius 3 is 2.93 bits per heavy atom. The first-order valence-electron chi connectivity index (χ1n) is 4.71. The number of aliphatic hydroxyl groups is 1. The van der Waals surface area contributed by atoms with Crippen LogP contribution in [-0.2, 0) is 0 Å². The Labute approximate surface area is 82.8 Å². The summed E-state index contributed by atoms with van der Waals surface area (Å²) >= 11 is 0. The molecule has 0 aliphatic rings. The SMILES string of the molecule is N[C@H](CCCCO)c1ccncc1F. The minimum Gasteiger partial charge on any atom is -0.396 e. The van der Waals surface area contributed by atoms with Crippen LogP contribution in [0.2, 0.25) is 0 Å². The van der Waals surface area contributed by atoms with E-state index in [1.54, 1.807) is 6.07 Å². The molecule has 0 aliphatic heterocycles. The minimum atomic E-state index is -0.357. The van der Waals surface area contributed by atoms with Crippen LogP contribution in [0.25, 0.3) is 0 Å². The van der Waals surface area contributed by atoms with E-state index < -0.39 is 0 Å². The van der Waals surface area contributed by atoms with Crippen LogP contribution >= 0.6 is 0 Å². The maximum Gasteiger partial charge on any atom is 0.146 e. The fraction of sp³-hybridized carbons (Fsp3) is 0.500. The number of rotatable bonds is 5. The van der Waals surface area contributed by atoms with Crippen molar-refractivity contribution in [1.29, 1.82) is 0 Å². The summed E-state index contributed by atoms with van der Waals surface area (Å²) in [5, 5.41) is 8.58. The summed E-state index contributed by atoms with van der Waals surface area (Å²) in [5.74, 6) is -0.357. The Bertz CT molecular complexity index is 281. The molecule has 78 valence electrons. The van der Waals surface area contributed by atoms with Gasteiger partial charge in [0, 0.05) is 24.4 Å². The van der Waals surface area contributed by atoms with Crippen LogP contribution in [0.5, 0.6) is 0 Å². The highest BCUT2D eigenvalue weighted by Gasteiger charge is 2.10. The fourth-order valence-corrected chi connectivity index (χ4v) is 1.32. The number of hydrogen-bond acceptors (Lipinski definition) is 3. The number of aromatic nitrogens is 1. The van der Waals surface area contributed by atoms with Crippen molar-refractivity contribution in [2.24, 2.45) is 5.73 Å². The fourth-order valence-electron chi connectivity index (χ4n) is 1.32. The van der Waals surface area contributed by atoms with Gasteiger partial charge in [0.25, 0.3) is 0 Å². The predicted molar refractivity (Wildman–Crippen MR) is 52.1 cm³/mol. The van der Waals surface area contributed by atoms with Crippen molar-refractivity contribution in [3.63, 3.8) is 0 Å². The van der Waals surface area contributed by atoms with Gasteiger partial charge < -0.3 is 10.8 Å². The lowest BCUT2D eigenvalue weighted by Crippen LogP contribution is -2.12. The van der Waals surface area contributed by atoms with Crippen LogP contribution in [0.1, 0.15) is 30.9 Å². The van der Waals surface area contributed by atoms with E-state index in [2.05, 4.69) is 4.98 Å². The highest BCUT2D eigenvalue weighted by molar-refractivity contribution is 5.16. The van der Waals surface area contributed by atoms with Crippen molar-refractivity contribution in [2.75, 3.05) is 6.61 Å². The maximum absolute atomic E-state index is 13.2. The van der Waals surface area contributed by atoms with Crippen molar-refractivity contribution in [2.45, 2.75) is 25.3 Å². The molecule has 0 saturated carbocycles. The van der Waals surface area contributed by atoms with Crippen LogP contribution in [0.4, 0.5) is 4.39 Å². The van der Waals surface area contributed by atoms with Gasteiger partial charge in [-0.25, -0.2) is 4.39 Å². The Kier molecular flexibility index (Phi) is 4.49. The summed E-state index contributed by atoms with van der Waals surface area (Å²) in [6, 6.07) is 1.29. The molecule has 1 rings (SSSR count). The molecule has 1 aromatic rings. The Balaban J connectivity index is 2.51. The highest BCUT2D eigenvalue weighted by atomic mass is 19.1. The van der Waals surface area contributed by atoms with Gasteiger partial charge in [-0.3, -0.25) is 4.98 Å². The molecule has 3 nitrogen and oxygen atoms in total. The lowest BCUT2D eigenvalue weighted by molar-refractivity contribution is 0.281. The number of nitrogens with two attached hydrogens (primary N) is 1. The van der Waals surface area contributed by atoms with Gasteiger partial charge in [0.2, 0.25) is 0 Å². The second-order valence-electron chi connectivity index (χ2n) is 3.22. The first-order chi connectivity index (χ1) is 6.75. The largest absolute Gasteiger partial charge is 0.396 e. The average molecular weight is 198 g/mol. The van der Waals surface area contributed by atoms with Gasteiger partial charge in [-0.1, -0.05) is 0 Å². The van der Waals surface area contributed by atoms with Gasteiger partial charge in [0.15, 0.2) is 0 Å². The van der Waals surface area contributed by atoms with E-state index in [0.29, 0.717) is 18.4 Å². The van der Waals surface area contributed by atoms with Crippen molar-refractivity contribution in [3.05, 3.63) is 29.8 Å². The van der Waals surface area contributed by atoms with Gasteiger partial charge in [0.1, 0.15) is 5.82 Å². The van der Waals surface area contributed by atoms with Crippen LogP contribution < -0.4 is 5.73 Å². The smallest absolute Gasteiger partial charge is 0.146 e. The van der Waals surface area contributed by atoms with Crippen LogP contribution in [0.3, 0.4) is 0 Å². The van der Waals surface area contributed by atoms with E-state index in [9.17, 15) is 4.39 Å². The molecule has 14 heavy (non-hydrogen) atoms. The molecule has 0 fully saturated rings. The summed E-state index contributed by atoms with van der Waals surface area (Å²) in [6.45, 7) is 0.158. The molecule has 0 saturated heterocycles. The van der Waals surface area contributed by atoms with E-state index in [-0.39, 0.29) is 18.5 Å². The molecule has 0 amide bonds. The average Bonchev–Trinajstić information content (AvgIpc) is 2.18. The van der Waals surface area contributed by atoms with Crippen LogP contribution in [-0.4, -0.2) is 16.7 Å². The quantitative estimate of drug-likeness (QED) is 0.703. The molecule has 0 aromatic carbocycles. The minimum absolute atomic E-state index is 0.158. The molecule has 1 heterocycles. The Hall–Kier alpha value is -1.00. The monoisotopic (exact) mass is 198 g/mol. The summed E-state index contributed by atoms with van der Waals surface area (Å²) in [5.41, 5.74) is 6.29. The van der Waals surface area contributed by atoms with Crippen molar-refractivity contribution in [3.8, 4) is 0 Å². The zero-order valence-electron chi connectivity index (χ0n) is 7.99. The second-order valence-corrected chi connectivity index (χ2v) is 3.22. The summed E-state index contributed by atoms with van der Waals surface area (Å²) in [7, 11) is 0. The van der Waals surface area contributed by atoms with Crippen molar-refractivity contribution >= 4 is 0 Å². The van der Waals surface area contributed by atoms with E-state index >= 15 is 0 Å². The van der Waals surface area contributed by atoms with E-state index in [1.165, 1.54) is 12.4 Å². The number of halogens is 1. The molecule has 0 radical (unpaired) electrons. The Morgan fingerprint density at radius 2 is 2.29 bits per heavy atom. The number of pyridine rings is 1. The normalized spacial score (nSPS) is 12.8. The van der Waals surface area contributed by atoms with Gasteiger partial charge >= 0.3 is 0 Å². The Morgan fingerprint density at radius 1 is 1.50 bits per heavy atom. The van der Waals surface area contributed by atoms with E-state index in [4.69, 9.17) is 10.8 Å². The molecule has 1 aromatic heterocycles. The van der Waals surface area contributed by atoms with Crippen molar-refractivity contribution < 1.29 is 9.50 Å². The topological polar surface area (TPSA) is 59.1 Å². The molecule has 0 bridgehead atoms. The first kappa shape index (κ1) is 11.1. The van der Waals surface area contributed by atoms with Crippen LogP contribution in [0.15, 0.2) is 18.5 Å². The third-order valence-electron chi connectivity index (χ3n) is 2.13. The second kappa shape index (κ2) is 5.67. The molecule has 0 unspecified atom stereocenters. The number of nitrogens with zero attached hydrogens (tertiary/aromatic N) is 1. The molecule has 1 atom stereocenters. The maximum atomic E-state index is 13.2. The summed E-state index contributed by atoms with van der Waals surface area (Å²) < 4.78 is 13.2. The molecular formula is C10H15FN2O. The summed E-state index contributed by atoms with van der Waals surface area (Å²) in [4.78, 5) is 3.65. The third kappa shape index (κ3) is 3.05. The van der Waals surface area contributed by atoms with Gasteiger partial charge in [-0.05, 0) is 25.3 Å². The zero-order chi connectivity index (χ0) is 10.4. The van der Waals surface area contributed by atoms with Gasteiger partial charge in [-0.15, -0.1) is 0 Å². The molecular weight excluding hydrogens is 183 g/mol. The van der Waals surface area contributed by atoms with Crippen molar-refractivity contribution in [1.82, 2.24) is 4.98 Å². The third-order valence-corrected chi connectivity index (χ3v) is 2.13. The zero-order valence-corrected chi connectivity index (χ0v) is 7.99. The van der Waals surface area contributed by atoms with Crippen LogP contribution in [0, 0.1) is 5.82 Å². The lowest BCUT2D eigenvalue weighted by Gasteiger charge is -2.11. The number of hydrogen-bond donors (Lipinski definition) is 2. The summed E-state index contributed by atoms with van der Waals surface area (Å²) in [6.07, 6.45) is 4.90. The van der Waals surface area contributed by atoms with E-state index in [1.807, 2.05) is 0 Å². The molecule has 0 aliphatic carbocycles. The first-order valence-corrected chi connectivity index (χ1v) is 4.71.